The molecule has 1 saturated carbocycles. The minimum Gasteiger partial charge on any atom is -0.447 e. The van der Waals surface area contributed by atoms with Gasteiger partial charge in [-0.25, -0.2) is 0 Å². The topological polar surface area (TPSA) is 114 Å². The van der Waals surface area contributed by atoms with Crippen molar-refractivity contribution < 1.29 is 9.47 Å². The van der Waals surface area contributed by atoms with Gasteiger partial charge in [-0.15, -0.1) is 0 Å². The van der Waals surface area contributed by atoms with Crippen LogP contribution in [0.3, 0.4) is 0 Å². The fraction of sp³-hybridized carbons (Fsp3) is 0.474. The minimum atomic E-state index is -1.78. The Balaban J connectivity index is 2.02. The van der Waals surface area contributed by atoms with E-state index in [4.69, 9.17) is 14.9 Å². The van der Waals surface area contributed by atoms with Gasteiger partial charge in [0.15, 0.2) is 10.8 Å². The molecule has 1 aliphatic carbocycles. The summed E-state index contributed by atoms with van der Waals surface area (Å²) in [6.45, 7) is 0. The summed E-state index contributed by atoms with van der Waals surface area (Å²) in [7, 11) is 0. The largest absolute Gasteiger partial charge is 0.447 e. The molecule has 0 unspecified atom stereocenters. The normalized spacial score (nSPS) is 37.7. The maximum Gasteiger partial charge on any atom is 0.218 e. The number of nitrogens with one attached hydrogen (secondary N) is 1. The fourth-order valence-corrected chi connectivity index (χ4v) is 4.77. The average molecular weight is 332 g/mol. The van der Waals surface area contributed by atoms with E-state index in [-0.39, 0.29) is 5.90 Å². The number of fused-ring (bicyclic) bond motifs is 2. The molecule has 2 bridgehead atoms. The molecule has 1 N–H and O–H groups in total. The second kappa shape index (κ2) is 5.06. The first-order valence-electron chi connectivity index (χ1n) is 8.35. The Morgan fingerprint density at radius 2 is 1.76 bits per heavy atom. The van der Waals surface area contributed by atoms with Gasteiger partial charge in [-0.1, -0.05) is 36.8 Å². The lowest BCUT2D eigenvalue weighted by Gasteiger charge is -2.63. The Labute approximate surface area is 145 Å². The Hall–Kier alpha value is -2.88. The standard InChI is InChI=1S/C19H16N4O2/c20-10-17(11-21)14-8-4-5-9-19(14)24-15(13-6-2-1-3-7-13)18(17,12-22)16(23)25-19/h1-3,6-7,14-15,23H,4-5,8-9H2/t14-,15-,18-,19-/m1/s1. The number of nitrogens with zero attached hydrogens (tertiary/aromatic N) is 3. The molecular formula is C19H16N4O2. The zero-order valence-corrected chi connectivity index (χ0v) is 13.5. The number of benzene rings is 1. The van der Waals surface area contributed by atoms with Crippen LogP contribution in [-0.2, 0) is 9.47 Å². The first-order chi connectivity index (χ1) is 12.1. The third kappa shape index (κ3) is 1.62. The molecular weight excluding hydrogens is 316 g/mol. The molecule has 3 saturated heterocycles. The molecule has 1 aromatic rings. The van der Waals surface area contributed by atoms with Crippen LogP contribution in [-0.4, -0.2) is 11.7 Å². The van der Waals surface area contributed by atoms with Gasteiger partial charge in [0.2, 0.25) is 11.7 Å². The third-order valence-electron chi connectivity index (χ3n) is 5.92. The molecule has 6 heteroatoms. The number of hydrogen-bond donors (Lipinski definition) is 1. The van der Waals surface area contributed by atoms with E-state index in [9.17, 15) is 15.8 Å². The van der Waals surface area contributed by atoms with Gasteiger partial charge in [0, 0.05) is 6.42 Å². The first-order valence-corrected chi connectivity index (χ1v) is 8.35. The summed E-state index contributed by atoms with van der Waals surface area (Å²) in [6.07, 6.45) is 1.87. The molecule has 4 aliphatic rings. The van der Waals surface area contributed by atoms with Gasteiger partial charge in [0.05, 0.1) is 24.1 Å². The zero-order chi connectivity index (χ0) is 17.7. The summed E-state index contributed by atoms with van der Waals surface area (Å²) >= 11 is 0. The zero-order valence-electron chi connectivity index (χ0n) is 13.5. The molecule has 4 fully saturated rings. The van der Waals surface area contributed by atoms with Gasteiger partial charge >= 0.3 is 0 Å². The summed E-state index contributed by atoms with van der Waals surface area (Å²) in [4.78, 5) is 0. The van der Waals surface area contributed by atoms with E-state index in [0.29, 0.717) is 18.4 Å². The number of ether oxygens (including phenoxy) is 2. The van der Waals surface area contributed by atoms with Crippen molar-refractivity contribution in [3.05, 3.63) is 35.9 Å². The molecule has 1 aromatic carbocycles. The maximum absolute atomic E-state index is 10.1. The molecule has 5 rings (SSSR count). The fourth-order valence-electron chi connectivity index (χ4n) is 4.77. The van der Waals surface area contributed by atoms with Crippen LogP contribution in [0.15, 0.2) is 30.3 Å². The highest BCUT2D eigenvalue weighted by atomic mass is 16.7. The predicted molar refractivity (Wildman–Crippen MR) is 85.5 cm³/mol. The van der Waals surface area contributed by atoms with E-state index in [1.807, 2.05) is 18.2 Å². The predicted octanol–water partition coefficient (Wildman–Crippen LogP) is 3.20. The van der Waals surface area contributed by atoms with Crippen molar-refractivity contribution in [2.24, 2.45) is 16.7 Å². The van der Waals surface area contributed by atoms with Crippen LogP contribution in [0.2, 0.25) is 0 Å². The van der Waals surface area contributed by atoms with Crippen LogP contribution < -0.4 is 0 Å². The Morgan fingerprint density at radius 3 is 2.40 bits per heavy atom. The van der Waals surface area contributed by atoms with Gasteiger partial charge in [-0.05, 0) is 18.4 Å². The summed E-state index contributed by atoms with van der Waals surface area (Å²) < 4.78 is 12.1. The lowest BCUT2D eigenvalue weighted by atomic mass is 9.48. The van der Waals surface area contributed by atoms with E-state index >= 15 is 0 Å². The third-order valence-corrected chi connectivity index (χ3v) is 5.92. The van der Waals surface area contributed by atoms with Crippen LogP contribution in [0.25, 0.3) is 0 Å². The number of nitriles is 3. The molecule has 4 atom stereocenters. The Bertz CT molecular complexity index is 848. The van der Waals surface area contributed by atoms with Gasteiger partial charge in [-0.3, -0.25) is 5.41 Å². The van der Waals surface area contributed by atoms with Crippen LogP contribution in [0.5, 0.6) is 0 Å². The molecule has 6 nitrogen and oxygen atoms in total. The quantitative estimate of drug-likeness (QED) is 0.848. The van der Waals surface area contributed by atoms with Gasteiger partial charge in [0.25, 0.3) is 0 Å². The lowest BCUT2D eigenvalue weighted by Crippen LogP contribution is -2.73. The smallest absolute Gasteiger partial charge is 0.218 e. The van der Waals surface area contributed by atoms with Gasteiger partial charge in [-0.2, -0.15) is 15.8 Å². The molecule has 0 aromatic heterocycles. The summed E-state index contributed by atoms with van der Waals surface area (Å²) in [5.74, 6) is -2.05. The minimum absolute atomic E-state index is 0.323. The highest BCUT2D eigenvalue weighted by Crippen LogP contribution is 2.69. The average Bonchev–Trinajstić information content (AvgIpc) is 2.66. The molecule has 124 valence electrons. The van der Waals surface area contributed by atoms with Gasteiger partial charge < -0.3 is 9.47 Å². The Morgan fingerprint density at radius 1 is 1.04 bits per heavy atom. The summed E-state index contributed by atoms with van der Waals surface area (Å²) in [5, 5.41) is 38.7. The monoisotopic (exact) mass is 332 g/mol. The Kier molecular flexibility index (Phi) is 3.16. The maximum atomic E-state index is 10.1. The van der Waals surface area contributed by atoms with Crippen molar-refractivity contribution >= 4 is 5.90 Å². The van der Waals surface area contributed by atoms with Crippen LogP contribution >= 0.6 is 0 Å². The SMILES string of the molecule is N#CC1(C#N)[C@H]2CCCC[C@@]23OC(=N)[C@@]1(C#N)[C@@H](c1ccccc1)O3. The molecule has 25 heavy (non-hydrogen) atoms. The van der Waals surface area contributed by atoms with Crippen LogP contribution in [0, 0.1) is 56.2 Å². The highest BCUT2D eigenvalue weighted by molar-refractivity contribution is 5.89. The van der Waals surface area contributed by atoms with Crippen molar-refractivity contribution in [3.8, 4) is 18.2 Å². The van der Waals surface area contributed by atoms with Crippen LogP contribution in [0.1, 0.15) is 37.4 Å². The molecule has 3 heterocycles. The summed E-state index contributed by atoms with van der Waals surface area (Å²) in [6, 6.07) is 15.4. The highest BCUT2D eigenvalue weighted by Gasteiger charge is 2.80. The van der Waals surface area contributed by atoms with E-state index in [1.54, 1.807) is 12.1 Å². The molecule has 1 spiro atoms. The van der Waals surface area contributed by atoms with Crippen molar-refractivity contribution in [3.63, 3.8) is 0 Å². The van der Waals surface area contributed by atoms with E-state index in [2.05, 4.69) is 18.2 Å². The number of rotatable bonds is 1. The van der Waals surface area contributed by atoms with Crippen molar-refractivity contribution in [2.45, 2.75) is 37.6 Å². The molecule has 0 amide bonds. The van der Waals surface area contributed by atoms with E-state index in [0.717, 1.165) is 12.8 Å². The molecule has 3 aliphatic heterocycles. The second-order valence-electron chi connectivity index (χ2n) is 6.90. The molecule has 0 radical (unpaired) electrons. The van der Waals surface area contributed by atoms with Crippen LogP contribution in [0.4, 0.5) is 0 Å². The summed E-state index contributed by atoms with van der Waals surface area (Å²) in [5.41, 5.74) is -2.77. The van der Waals surface area contributed by atoms with E-state index < -0.39 is 28.6 Å². The van der Waals surface area contributed by atoms with Gasteiger partial charge in [0.1, 0.15) is 6.10 Å². The van der Waals surface area contributed by atoms with Crippen molar-refractivity contribution in [2.75, 3.05) is 0 Å². The first kappa shape index (κ1) is 15.6. The second-order valence-corrected chi connectivity index (χ2v) is 6.90. The number of hydrogen-bond acceptors (Lipinski definition) is 6. The lowest BCUT2D eigenvalue weighted by molar-refractivity contribution is -0.360. The van der Waals surface area contributed by atoms with Crippen molar-refractivity contribution in [1.29, 1.82) is 21.2 Å². The van der Waals surface area contributed by atoms with E-state index in [1.165, 1.54) is 0 Å². The van der Waals surface area contributed by atoms with Crippen molar-refractivity contribution in [1.82, 2.24) is 0 Å².